The van der Waals surface area contributed by atoms with Crippen molar-refractivity contribution in [3.05, 3.63) is 35.9 Å². The first kappa shape index (κ1) is 36.7. The molecule has 4 N–H and O–H groups in total. The number of rotatable bonds is 14. The largest absolute Gasteiger partial charge is 0.445 e. The van der Waals surface area contributed by atoms with Gasteiger partial charge in [-0.15, -0.1) is 0 Å². The molecule has 0 saturated heterocycles. The Kier molecular flexibility index (Phi) is 13.2. The first-order chi connectivity index (χ1) is 18.6. The van der Waals surface area contributed by atoms with E-state index < -0.39 is 75.2 Å². The summed E-state index contributed by atoms with van der Waals surface area (Å²) in [6.45, 7) is 8.22. The number of carbonyl (C=O) groups is 3. The number of ether oxygens (including phenoxy) is 3. The average molecular weight is 626 g/mol. The molecule has 3 atom stereocenters. The van der Waals surface area contributed by atoms with Crippen molar-refractivity contribution in [2.24, 2.45) is 10.8 Å². The minimum absolute atomic E-state index is 0.0384. The summed E-state index contributed by atoms with van der Waals surface area (Å²) in [4.78, 5) is 57.3. The van der Waals surface area contributed by atoms with Gasteiger partial charge in [0.2, 0.25) is 13.6 Å². The summed E-state index contributed by atoms with van der Waals surface area (Å²) in [6.07, 6.45) is -2.11. The Morgan fingerprint density at radius 1 is 0.829 bits per heavy atom. The van der Waals surface area contributed by atoms with Gasteiger partial charge in [0.1, 0.15) is 6.61 Å². The lowest BCUT2D eigenvalue weighted by Gasteiger charge is -2.34. The molecule has 16 heteroatoms. The number of benzene rings is 1. The van der Waals surface area contributed by atoms with Gasteiger partial charge in [0.05, 0.1) is 10.8 Å². The van der Waals surface area contributed by atoms with E-state index in [9.17, 15) is 38.4 Å². The molecule has 0 radical (unpaired) electrons. The molecule has 0 aliphatic heterocycles. The second-order valence-electron chi connectivity index (χ2n) is 11.3. The molecule has 0 spiro atoms. The summed E-state index contributed by atoms with van der Waals surface area (Å²) in [5.74, 6) is -1.63. The van der Waals surface area contributed by atoms with Gasteiger partial charge >= 0.3 is 33.2 Å². The lowest BCUT2D eigenvalue weighted by Crippen LogP contribution is -2.37. The fourth-order valence-corrected chi connectivity index (χ4v) is 6.08. The van der Waals surface area contributed by atoms with Gasteiger partial charge in [0, 0.05) is 12.5 Å². The topological polar surface area (TPSA) is 204 Å². The van der Waals surface area contributed by atoms with E-state index in [0.717, 1.165) is 5.56 Å². The van der Waals surface area contributed by atoms with Crippen LogP contribution in [-0.2, 0) is 48.6 Å². The molecule has 0 heterocycles. The van der Waals surface area contributed by atoms with Gasteiger partial charge < -0.3 is 34.4 Å². The summed E-state index contributed by atoms with van der Waals surface area (Å²) in [5, 5.41) is 10.1. The molecule has 0 aliphatic rings. The smallest absolute Gasteiger partial charge is 0.407 e. The molecule has 1 aromatic rings. The average Bonchev–Trinajstić information content (AvgIpc) is 2.85. The number of nitrogens with one attached hydrogen (secondary N) is 1. The van der Waals surface area contributed by atoms with Gasteiger partial charge in [-0.05, 0) is 60.5 Å². The number of aliphatic hydroxyl groups is 1. The Morgan fingerprint density at radius 3 is 1.68 bits per heavy atom. The molecule has 234 valence electrons. The maximum absolute atomic E-state index is 13.1. The van der Waals surface area contributed by atoms with Crippen LogP contribution in [-0.4, -0.2) is 57.6 Å². The minimum Gasteiger partial charge on any atom is -0.445 e. The maximum atomic E-state index is 13.1. The SMILES string of the molecule is CC(CCC(O)(P(=O)(O)OCOC(=O)C(C)(C)C)P(=O)(O)OCOC(=O)C(C)(C)C)NC(=O)OCc1ccccc1. The van der Waals surface area contributed by atoms with E-state index in [2.05, 4.69) is 5.32 Å². The molecule has 14 nitrogen and oxygen atoms in total. The monoisotopic (exact) mass is 625 g/mol. The zero-order valence-electron chi connectivity index (χ0n) is 24.3. The lowest BCUT2D eigenvalue weighted by atomic mass is 9.98. The van der Waals surface area contributed by atoms with Gasteiger partial charge in [-0.2, -0.15) is 0 Å². The van der Waals surface area contributed by atoms with Gasteiger partial charge in [0.15, 0.2) is 0 Å². The zero-order chi connectivity index (χ0) is 31.7. The van der Waals surface area contributed by atoms with E-state index in [1.165, 1.54) is 48.5 Å². The van der Waals surface area contributed by atoms with Crippen molar-refractivity contribution in [1.82, 2.24) is 5.32 Å². The second-order valence-corrected chi connectivity index (χ2v) is 15.7. The fraction of sp³-hybridized carbons (Fsp3) is 0.640. The van der Waals surface area contributed by atoms with Crippen molar-refractivity contribution < 1.29 is 61.7 Å². The van der Waals surface area contributed by atoms with Crippen LogP contribution in [0.5, 0.6) is 0 Å². The molecular weight excluding hydrogens is 584 g/mol. The molecule has 1 aromatic carbocycles. The second kappa shape index (κ2) is 14.7. The maximum Gasteiger partial charge on any atom is 0.407 e. The van der Waals surface area contributed by atoms with Crippen molar-refractivity contribution >= 4 is 33.2 Å². The number of amides is 1. The first-order valence-electron chi connectivity index (χ1n) is 12.6. The highest BCUT2D eigenvalue weighted by molar-refractivity contribution is 7.72. The number of carbonyl (C=O) groups excluding carboxylic acids is 3. The third kappa shape index (κ3) is 11.5. The van der Waals surface area contributed by atoms with Crippen LogP contribution in [0.3, 0.4) is 0 Å². The minimum atomic E-state index is -5.53. The highest BCUT2D eigenvalue weighted by Gasteiger charge is 2.62. The van der Waals surface area contributed by atoms with E-state index >= 15 is 0 Å². The summed E-state index contributed by atoms with van der Waals surface area (Å²) in [7, 11) is -11.1. The van der Waals surface area contributed by atoms with Crippen molar-refractivity contribution in [1.29, 1.82) is 0 Å². The Bertz CT molecular complexity index is 1080. The van der Waals surface area contributed by atoms with Gasteiger partial charge in [0.25, 0.3) is 5.08 Å². The van der Waals surface area contributed by atoms with Crippen LogP contribution in [0.1, 0.15) is 66.9 Å². The molecular formula is C25H41NO13P2. The van der Waals surface area contributed by atoms with Crippen LogP contribution in [0.25, 0.3) is 0 Å². The molecule has 0 aliphatic carbocycles. The van der Waals surface area contributed by atoms with Crippen LogP contribution in [0.4, 0.5) is 4.79 Å². The van der Waals surface area contributed by atoms with Gasteiger partial charge in [-0.3, -0.25) is 27.8 Å². The van der Waals surface area contributed by atoms with E-state index in [-0.39, 0.29) is 13.0 Å². The molecule has 1 amide bonds. The van der Waals surface area contributed by atoms with E-state index in [1.54, 1.807) is 30.3 Å². The predicted octanol–water partition coefficient (Wildman–Crippen LogP) is 4.23. The van der Waals surface area contributed by atoms with Crippen LogP contribution in [0.2, 0.25) is 0 Å². The van der Waals surface area contributed by atoms with Crippen molar-refractivity contribution in [2.75, 3.05) is 13.6 Å². The van der Waals surface area contributed by atoms with Gasteiger partial charge in [-0.25, -0.2) is 4.79 Å². The number of hydrogen-bond acceptors (Lipinski definition) is 11. The molecule has 0 saturated carbocycles. The Labute approximate surface area is 239 Å². The Balaban J connectivity index is 3.00. The van der Waals surface area contributed by atoms with Crippen molar-refractivity contribution in [3.8, 4) is 0 Å². The van der Waals surface area contributed by atoms with E-state index in [4.69, 9.17) is 23.3 Å². The zero-order valence-corrected chi connectivity index (χ0v) is 26.1. The number of hydrogen-bond donors (Lipinski definition) is 4. The number of alkyl carbamates (subject to hydrolysis) is 1. The molecule has 0 fully saturated rings. The molecule has 0 bridgehead atoms. The summed E-state index contributed by atoms with van der Waals surface area (Å²) in [6, 6.07) is 7.96. The third-order valence-corrected chi connectivity index (χ3v) is 10.1. The van der Waals surface area contributed by atoms with Crippen LogP contribution in [0, 0.1) is 10.8 Å². The quantitative estimate of drug-likeness (QED) is 0.0990. The highest BCUT2D eigenvalue weighted by atomic mass is 31.2. The lowest BCUT2D eigenvalue weighted by molar-refractivity contribution is -0.160. The summed E-state index contributed by atoms with van der Waals surface area (Å²) < 4.78 is 50.3. The molecule has 1 rings (SSSR count). The molecule has 41 heavy (non-hydrogen) atoms. The van der Waals surface area contributed by atoms with E-state index in [0.29, 0.717) is 0 Å². The highest BCUT2D eigenvalue weighted by Crippen LogP contribution is 2.73. The number of esters is 2. The van der Waals surface area contributed by atoms with Crippen molar-refractivity contribution in [2.45, 2.75) is 79.0 Å². The Hall–Kier alpha value is -2.31. The Morgan fingerprint density at radius 2 is 1.27 bits per heavy atom. The summed E-state index contributed by atoms with van der Waals surface area (Å²) in [5.41, 5.74) is -1.27. The summed E-state index contributed by atoms with van der Waals surface area (Å²) >= 11 is 0. The van der Waals surface area contributed by atoms with Gasteiger partial charge in [-0.1, -0.05) is 30.3 Å². The van der Waals surface area contributed by atoms with Crippen molar-refractivity contribution in [3.63, 3.8) is 0 Å². The first-order valence-corrected chi connectivity index (χ1v) is 15.8. The standard InChI is InChI=1S/C25H41NO13P2/c1-18(26-22(29)35-15-19-11-9-8-10-12-19)13-14-25(30,40(31,32)38-16-36-20(27)23(2,3)4)41(33,34)39-17-37-21(28)24(5,6)7/h8-12,18,30H,13-17H2,1-7H3,(H,26,29)(H,31,32)(H,33,34). The third-order valence-electron chi connectivity index (χ3n) is 5.46. The van der Waals surface area contributed by atoms with Crippen LogP contribution >= 0.6 is 15.2 Å². The predicted molar refractivity (Wildman–Crippen MR) is 146 cm³/mol. The van der Waals surface area contributed by atoms with Crippen LogP contribution in [0.15, 0.2) is 30.3 Å². The molecule has 3 unspecified atom stereocenters. The van der Waals surface area contributed by atoms with E-state index in [1.807, 2.05) is 0 Å². The fourth-order valence-electron chi connectivity index (χ4n) is 2.83. The van der Waals surface area contributed by atoms with Crippen LogP contribution < -0.4 is 5.32 Å². The normalized spacial score (nSPS) is 17.2. The molecule has 0 aromatic heterocycles.